The fourth-order valence-electron chi connectivity index (χ4n) is 2.59. The van der Waals surface area contributed by atoms with E-state index >= 15 is 0 Å². The Bertz CT molecular complexity index is 674. The van der Waals surface area contributed by atoms with E-state index in [4.69, 9.17) is 9.84 Å². The van der Waals surface area contributed by atoms with Gasteiger partial charge in [0.15, 0.2) is 0 Å². The first-order valence-electron chi connectivity index (χ1n) is 8.28. The Morgan fingerprint density at radius 1 is 1.09 bits per heavy atom. The number of aliphatic carboxylic acids is 1. The normalized spacial score (nSPS) is 11.2. The molecule has 23 heavy (non-hydrogen) atoms. The van der Waals surface area contributed by atoms with Crippen LogP contribution in [0.4, 0.5) is 0 Å². The minimum absolute atomic E-state index is 0.658. The molecule has 0 fully saturated rings. The lowest BCUT2D eigenvalue weighted by Gasteiger charge is -2.12. The number of unbranched alkanes of at least 4 members (excludes halogenated alkanes) is 4. The lowest BCUT2D eigenvalue weighted by atomic mass is 10.0. The van der Waals surface area contributed by atoms with Crippen molar-refractivity contribution in [1.29, 1.82) is 0 Å². The fraction of sp³-hybridized carbons (Fsp3) is 0.350. The summed E-state index contributed by atoms with van der Waals surface area (Å²) in [6.45, 7) is 2.86. The quantitative estimate of drug-likeness (QED) is 0.505. The standard InChI is InChI=1S/C20H24O3/c1-2-3-4-5-8-15-23-20-17(13-14-19(21)22)12-11-16-9-6-7-10-18(16)20/h6-7,9-14H,2-5,8,15H2,1H3,(H,21,22). The van der Waals surface area contributed by atoms with Crippen LogP contribution in [-0.4, -0.2) is 17.7 Å². The minimum atomic E-state index is -0.955. The molecule has 1 N–H and O–H groups in total. The van der Waals surface area contributed by atoms with Gasteiger partial charge in [-0.2, -0.15) is 0 Å². The molecule has 0 saturated heterocycles. The maximum atomic E-state index is 10.8. The molecule has 0 heterocycles. The highest BCUT2D eigenvalue weighted by molar-refractivity contribution is 5.93. The lowest BCUT2D eigenvalue weighted by molar-refractivity contribution is -0.131. The van der Waals surface area contributed by atoms with Crippen LogP contribution >= 0.6 is 0 Å². The second-order valence-corrected chi connectivity index (χ2v) is 5.64. The molecule has 0 aromatic heterocycles. The van der Waals surface area contributed by atoms with Crippen LogP contribution in [0.25, 0.3) is 16.8 Å². The first kappa shape index (κ1) is 17.1. The van der Waals surface area contributed by atoms with Crippen LogP contribution in [0.15, 0.2) is 42.5 Å². The number of carboxylic acid groups (broad SMARTS) is 1. The molecule has 0 amide bonds. The summed E-state index contributed by atoms with van der Waals surface area (Å²) in [5.41, 5.74) is 0.805. The van der Waals surface area contributed by atoms with Crippen molar-refractivity contribution >= 4 is 22.8 Å². The van der Waals surface area contributed by atoms with Crippen LogP contribution in [-0.2, 0) is 4.79 Å². The van der Waals surface area contributed by atoms with Crippen molar-refractivity contribution in [2.45, 2.75) is 39.0 Å². The molecule has 0 unspecified atom stereocenters. The van der Waals surface area contributed by atoms with E-state index in [0.29, 0.717) is 6.61 Å². The third-order valence-corrected chi connectivity index (χ3v) is 3.81. The van der Waals surface area contributed by atoms with E-state index in [1.807, 2.05) is 36.4 Å². The smallest absolute Gasteiger partial charge is 0.328 e. The number of carbonyl (C=O) groups is 1. The number of fused-ring (bicyclic) bond motifs is 1. The van der Waals surface area contributed by atoms with Gasteiger partial charge in [-0.25, -0.2) is 4.79 Å². The summed E-state index contributed by atoms with van der Waals surface area (Å²) >= 11 is 0. The van der Waals surface area contributed by atoms with Crippen LogP contribution in [0.5, 0.6) is 5.75 Å². The predicted molar refractivity (Wildman–Crippen MR) is 94.9 cm³/mol. The zero-order valence-electron chi connectivity index (χ0n) is 13.6. The van der Waals surface area contributed by atoms with Gasteiger partial charge in [0.25, 0.3) is 0 Å². The van der Waals surface area contributed by atoms with E-state index in [-0.39, 0.29) is 0 Å². The molecule has 2 aromatic rings. The highest BCUT2D eigenvalue weighted by atomic mass is 16.5. The molecule has 0 radical (unpaired) electrons. The fourth-order valence-corrected chi connectivity index (χ4v) is 2.59. The summed E-state index contributed by atoms with van der Waals surface area (Å²) < 4.78 is 6.02. The van der Waals surface area contributed by atoms with Crippen LogP contribution in [0.2, 0.25) is 0 Å². The maximum Gasteiger partial charge on any atom is 0.328 e. The molecule has 0 aliphatic carbocycles. The van der Waals surface area contributed by atoms with E-state index in [1.54, 1.807) is 6.08 Å². The van der Waals surface area contributed by atoms with Crippen molar-refractivity contribution in [3.63, 3.8) is 0 Å². The van der Waals surface area contributed by atoms with Gasteiger partial charge in [-0.3, -0.25) is 0 Å². The van der Waals surface area contributed by atoms with Gasteiger partial charge >= 0.3 is 5.97 Å². The molecular weight excluding hydrogens is 288 g/mol. The van der Waals surface area contributed by atoms with Gasteiger partial charge in [-0.15, -0.1) is 0 Å². The molecule has 122 valence electrons. The van der Waals surface area contributed by atoms with Gasteiger partial charge in [-0.1, -0.05) is 69.0 Å². The number of hydrogen-bond acceptors (Lipinski definition) is 2. The Morgan fingerprint density at radius 3 is 2.65 bits per heavy atom. The van der Waals surface area contributed by atoms with Crippen molar-refractivity contribution in [2.75, 3.05) is 6.61 Å². The topological polar surface area (TPSA) is 46.5 Å². The number of rotatable bonds is 9. The Morgan fingerprint density at radius 2 is 1.87 bits per heavy atom. The predicted octanol–water partition coefficient (Wildman–Crippen LogP) is 5.29. The van der Waals surface area contributed by atoms with Crippen LogP contribution in [0, 0.1) is 0 Å². The van der Waals surface area contributed by atoms with Crippen molar-refractivity contribution in [3.05, 3.63) is 48.0 Å². The second kappa shape index (κ2) is 8.99. The summed E-state index contributed by atoms with van der Waals surface area (Å²) in [5, 5.41) is 11.0. The average molecular weight is 312 g/mol. The third kappa shape index (κ3) is 5.13. The van der Waals surface area contributed by atoms with Crippen LogP contribution < -0.4 is 4.74 Å². The largest absolute Gasteiger partial charge is 0.492 e. The minimum Gasteiger partial charge on any atom is -0.492 e. The molecule has 0 aliphatic rings. The number of carboxylic acids is 1. The highest BCUT2D eigenvalue weighted by Crippen LogP contribution is 2.31. The van der Waals surface area contributed by atoms with E-state index in [0.717, 1.165) is 34.6 Å². The molecule has 0 saturated carbocycles. The van der Waals surface area contributed by atoms with Gasteiger partial charge in [0.05, 0.1) is 6.61 Å². The van der Waals surface area contributed by atoms with E-state index in [1.165, 1.54) is 25.7 Å². The molecule has 3 heteroatoms. The number of ether oxygens (including phenoxy) is 1. The maximum absolute atomic E-state index is 10.8. The van der Waals surface area contributed by atoms with E-state index in [2.05, 4.69) is 6.92 Å². The van der Waals surface area contributed by atoms with E-state index in [9.17, 15) is 4.79 Å². The molecule has 0 atom stereocenters. The molecule has 2 aromatic carbocycles. The Hall–Kier alpha value is -2.29. The van der Waals surface area contributed by atoms with Crippen molar-refractivity contribution in [1.82, 2.24) is 0 Å². The van der Waals surface area contributed by atoms with Crippen molar-refractivity contribution in [3.8, 4) is 5.75 Å². The van der Waals surface area contributed by atoms with Gasteiger partial charge in [0.1, 0.15) is 5.75 Å². The monoisotopic (exact) mass is 312 g/mol. The Kier molecular flexibility index (Phi) is 6.67. The summed E-state index contributed by atoms with van der Waals surface area (Å²) in [6.07, 6.45) is 8.67. The zero-order valence-corrected chi connectivity index (χ0v) is 13.6. The van der Waals surface area contributed by atoms with Crippen molar-refractivity contribution in [2.24, 2.45) is 0 Å². The zero-order chi connectivity index (χ0) is 16.5. The van der Waals surface area contributed by atoms with Crippen molar-refractivity contribution < 1.29 is 14.6 Å². The van der Waals surface area contributed by atoms with Crippen LogP contribution in [0.1, 0.15) is 44.6 Å². The summed E-state index contributed by atoms with van der Waals surface area (Å²) in [7, 11) is 0. The van der Waals surface area contributed by atoms with Crippen LogP contribution in [0.3, 0.4) is 0 Å². The van der Waals surface area contributed by atoms with Gasteiger partial charge < -0.3 is 9.84 Å². The molecule has 2 rings (SSSR count). The van der Waals surface area contributed by atoms with Gasteiger partial charge in [-0.05, 0) is 17.9 Å². The summed E-state index contributed by atoms with van der Waals surface area (Å²) in [5.74, 6) is -0.181. The average Bonchev–Trinajstić information content (AvgIpc) is 2.56. The number of benzene rings is 2. The summed E-state index contributed by atoms with van der Waals surface area (Å²) in [6, 6.07) is 11.9. The molecule has 0 aliphatic heterocycles. The molecule has 0 spiro atoms. The van der Waals surface area contributed by atoms with Gasteiger partial charge in [0.2, 0.25) is 0 Å². The highest BCUT2D eigenvalue weighted by Gasteiger charge is 2.07. The first-order valence-corrected chi connectivity index (χ1v) is 8.28. The first-order chi connectivity index (χ1) is 11.2. The van der Waals surface area contributed by atoms with Gasteiger partial charge in [0, 0.05) is 17.0 Å². The summed E-state index contributed by atoms with van der Waals surface area (Å²) in [4.78, 5) is 10.8. The number of hydrogen-bond donors (Lipinski definition) is 1. The second-order valence-electron chi connectivity index (χ2n) is 5.64. The lowest BCUT2D eigenvalue weighted by Crippen LogP contribution is -2.00. The molecule has 3 nitrogen and oxygen atoms in total. The Labute approximate surface area is 137 Å². The molecule has 0 bridgehead atoms. The molecular formula is C20H24O3. The SMILES string of the molecule is CCCCCCCOc1c(C=CC(=O)O)ccc2ccccc12. The van der Waals surface area contributed by atoms with E-state index < -0.39 is 5.97 Å². The Balaban J connectivity index is 2.16. The third-order valence-electron chi connectivity index (χ3n) is 3.81.